The highest BCUT2D eigenvalue weighted by Crippen LogP contribution is 2.29. The lowest BCUT2D eigenvalue weighted by Crippen LogP contribution is -2.41. The van der Waals surface area contributed by atoms with Crippen LogP contribution < -0.4 is 5.56 Å². The van der Waals surface area contributed by atoms with E-state index in [4.69, 9.17) is 4.42 Å². The molecule has 1 aromatic carbocycles. The van der Waals surface area contributed by atoms with Crippen LogP contribution in [0.15, 0.2) is 39.5 Å². The van der Waals surface area contributed by atoms with Crippen LogP contribution in [0.4, 0.5) is 0 Å². The Balaban J connectivity index is 1.40. The third kappa shape index (κ3) is 3.03. The summed E-state index contributed by atoms with van der Waals surface area (Å²) < 4.78 is 5.92. The van der Waals surface area contributed by atoms with Gasteiger partial charge in [0.2, 0.25) is 0 Å². The van der Waals surface area contributed by atoms with Crippen molar-refractivity contribution in [2.75, 3.05) is 13.1 Å². The lowest BCUT2D eigenvalue weighted by molar-refractivity contribution is 0.0697. The van der Waals surface area contributed by atoms with Crippen LogP contribution in [0.3, 0.4) is 0 Å². The number of aryl methyl sites for hydroxylation is 2. The Morgan fingerprint density at radius 1 is 1.18 bits per heavy atom. The normalized spacial score (nSPS) is 19.6. The van der Waals surface area contributed by atoms with Gasteiger partial charge in [-0.2, -0.15) is 0 Å². The average Bonchev–Trinajstić information content (AvgIpc) is 3.17. The number of oxazole rings is 1. The molecule has 1 saturated heterocycles. The number of nitrogens with zero attached hydrogens (tertiary/aromatic N) is 2. The minimum absolute atomic E-state index is 0.0572. The van der Waals surface area contributed by atoms with Crippen LogP contribution in [-0.4, -0.2) is 33.9 Å². The number of rotatable bonds is 2. The molecule has 1 N–H and O–H groups in total. The molecular weight excluding hydrogens is 354 g/mol. The van der Waals surface area contributed by atoms with Gasteiger partial charge in [-0.25, -0.2) is 4.98 Å². The number of nitrogens with one attached hydrogen (secondary N) is 1. The fraction of sp³-hybridized carbons (Fsp3) is 0.409. The van der Waals surface area contributed by atoms with Gasteiger partial charge in [-0.1, -0.05) is 12.1 Å². The third-order valence-electron chi connectivity index (χ3n) is 5.94. The van der Waals surface area contributed by atoms with Gasteiger partial charge in [-0.15, -0.1) is 0 Å². The number of aromatic amines is 1. The highest BCUT2D eigenvalue weighted by Gasteiger charge is 2.30. The van der Waals surface area contributed by atoms with E-state index in [1.807, 2.05) is 30.3 Å². The van der Waals surface area contributed by atoms with Crippen LogP contribution in [0.5, 0.6) is 0 Å². The number of carbonyl (C=O) groups is 1. The van der Waals surface area contributed by atoms with Crippen LogP contribution in [-0.2, 0) is 12.8 Å². The van der Waals surface area contributed by atoms with Gasteiger partial charge in [0.15, 0.2) is 11.5 Å². The molecule has 0 saturated carbocycles. The van der Waals surface area contributed by atoms with E-state index in [2.05, 4.69) is 9.97 Å². The summed E-state index contributed by atoms with van der Waals surface area (Å²) >= 11 is 0. The number of amides is 1. The summed E-state index contributed by atoms with van der Waals surface area (Å²) in [5, 5.41) is 0. The molecule has 28 heavy (non-hydrogen) atoms. The van der Waals surface area contributed by atoms with Gasteiger partial charge in [0.25, 0.3) is 11.5 Å². The second-order valence-electron chi connectivity index (χ2n) is 7.83. The van der Waals surface area contributed by atoms with Crippen molar-refractivity contribution in [3.05, 3.63) is 63.4 Å². The maximum Gasteiger partial charge on any atom is 0.261 e. The SMILES string of the molecule is O=C(c1cc2c([nH]c1=O)CCCC2)N1CCCC(c2nc3ccccc3o2)C1. The number of benzene rings is 1. The molecule has 1 amide bonds. The van der Waals surface area contributed by atoms with Crippen molar-refractivity contribution in [3.63, 3.8) is 0 Å². The topological polar surface area (TPSA) is 79.2 Å². The van der Waals surface area contributed by atoms with E-state index in [0.29, 0.717) is 19.0 Å². The molecular formula is C22H23N3O3. The van der Waals surface area contributed by atoms with E-state index < -0.39 is 0 Å². The maximum atomic E-state index is 13.1. The Morgan fingerprint density at radius 3 is 2.93 bits per heavy atom. The number of piperidine rings is 1. The Morgan fingerprint density at radius 2 is 2.04 bits per heavy atom. The van der Waals surface area contributed by atoms with Gasteiger partial charge >= 0.3 is 0 Å². The van der Waals surface area contributed by atoms with Crippen molar-refractivity contribution < 1.29 is 9.21 Å². The standard InChI is InChI=1S/C22H23N3O3/c26-20-16(12-14-6-1-2-8-17(14)23-20)22(27)25-11-5-7-15(13-25)21-24-18-9-3-4-10-19(18)28-21/h3-4,9-10,12,15H,1-2,5-8,11,13H2,(H,23,26). The fourth-order valence-corrected chi connectivity index (χ4v) is 4.43. The lowest BCUT2D eigenvalue weighted by Gasteiger charge is -2.31. The Hall–Kier alpha value is -2.89. The molecule has 0 radical (unpaired) electrons. The van der Waals surface area contributed by atoms with Crippen LogP contribution >= 0.6 is 0 Å². The highest BCUT2D eigenvalue weighted by molar-refractivity contribution is 5.94. The number of hydrogen-bond acceptors (Lipinski definition) is 4. The summed E-state index contributed by atoms with van der Waals surface area (Å²) in [6.45, 7) is 1.19. The largest absolute Gasteiger partial charge is 0.440 e. The summed E-state index contributed by atoms with van der Waals surface area (Å²) in [5.74, 6) is 0.551. The molecule has 6 heteroatoms. The highest BCUT2D eigenvalue weighted by atomic mass is 16.3. The minimum Gasteiger partial charge on any atom is -0.440 e. The number of likely N-dealkylation sites (tertiary alicyclic amines) is 1. The molecule has 5 rings (SSSR count). The Bertz CT molecular complexity index is 1060. The maximum absolute atomic E-state index is 13.1. The number of pyridine rings is 1. The Kier molecular flexibility index (Phi) is 4.26. The molecule has 3 heterocycles. The zero-order valence-corrected chi connectivity index (χ0v) is 15.7. The fourth-order valence-electron chi connectivity index (χ4n) is 4.43. The number of fused-ring (bicyclic) bond motifs is 2. The average molecular weight is 377 g/mol. The van der Waals surface area contributed by atoms with E-state index in [-0.39, 0.29) is 22.9 Å². The Labute approximate surface area is 162 Å². The second-order valence-corrected chi connectivity index (χ2v) is 7.83. The van der Waals surface area contributed by atoms with E-state index in [1.54, 1.807) is 4.90 Å². The summed E-state index contributed by atoms with van der Waals surface area (Å²) in [6.07, 6.45) is 5.82. The summed E-state index contributed by atoms with van der Waals surface area (Å²) in [4.78, 5) is 34.9. The van der Waals surface area contributed by atoms with Crippen molar-refractivity contribution in [2.24, 2.45) is 0 Å². The molecule has 0 spiro atoms. The van der Waals surface area contributed by atoms with E-state index in [9.17, 15) is 9.59 Å². The first kappa shape index (κ1) is 17.2. The van der Waals surface area contributed by atoms with Crippen molar-refractivity contribution in [2.45, 2.75) is 44.4 Å². The van der Waals surface area contributed by atoms with Crippen molar-refractivity contribution in [3.8, 4) is 0 Å². The first-order valence-corrected chi connectivity index (χ1v) is 10.1. The first-order chi connectivity index (χ1) is 13.7. The predicted octanol–water partition coefficient (Wildman–Crippen LogP) is 3.41. The van der Waals surface area contributed by atoms with E-state index in [0.717, 1.165) is 60.9 Å². The number of H-pyrrole nitrogens is 1. The molecule has 144 valence electrons. The summed E-state index contributed by atoms with van der Waals surface area (Å²) in [7, 11) is 0. The van der Waals surface area contributed by atoms with Crippen LogP contribution in [0.25, 0.3) is 11.1 Å². The predicted molar refractivity (Wildman–Crippen MR) is 106 cm³/mol. The van der Waals surface area contributed by atoms with Crippen molar-refractivity contribution >= 4 is 17.0 Å². The monoisotopic (exact) mass is 377 g/mol. The molecule has 2 aromatic heterocycles. The molecule has 3 aromatic rings. The molecule has 1 atom stereocenters. The van der Waals surface area contributed by atoms with Crippen molar-refractivity contribution in [1.29, 1.82) is 0 Å². The van der Waals surface area contributed by atoms with Gasteiger partial charge in [0, 0.05) is 18.8 Å². The lowest BCUT2D eigenvalue weighted by atomic mass is 9.94. The van der Waals surface area contributed by atoms with E-state index in [1.165, 1.54) is 0 Å². The number of para-hydroxylation sites is 2. The zero-order chi connectivity index (χ0) is 19.1. The number of hydrogen-bond donors (Lipinski definition) is 1. The van der Waals surface area contributed by atoms with Crippen LogP contribution in [0, 0.1) is 0 Å². The van der Waals surface area contributed by atoms with Gasteiger partial charge in [0.1, 0.15) is 11.1 Å². The minimum atomic E-state index is -0.269. The van der Waals surface area contributed by atoms with Gasteiger partial charge < -0.3 is 14.3 Å². The number of aromatic nitrogens is 2. The molecule has 2 aliphatic rings. The zero-order valence-electron chi connectivity index (χ0n) is 15.7. The van der Waals surface area contributed by atoms with Crippen molar-refractivity contribution in [1.82, 2.24) is 14.9 Å². The summed E-state index contributed by atoms with van der Waals surface area (Å²) in [6, 6.07) is 9.52. The van der Waals surface area contributed by atoms with Gasteiger partial charge in [0.05, 0.1) is 5.92 Å². The summed E-state index contributed by atoms with van der Waals surface area (Å²) in [5.41, 5.74) is 3.71. The van der Waals surface area contributed by atoms with E-state index >= 15 is 0 Å². The van der Waals surface area contributed by atoms with Crippen LogP contribution in [0.1, 0.15) is 59.1 Å². The van der Waals surface area contributed by atoms with Crippen LogP contribution in [0.2, 0.25) is 0 Å². The first-order valence-electron chi connectivity index (χ1n) is 10.1. The molecule has 6 nitrogen and oxygen atoms in total. The molecule has 1 fully saturated rings. The molecule has 1 unspecified atom stereocenters. The smallest absolute Gasteiger partial charge is 0.261 e. The molecule has 0 bridgehead atoms. The number of carbonyl (C=O) groups excluding carboxylic acids is 1. The molecule has 1 aliphatic carbocycles. The van der Waals surface area contributed by atoms with Gasteiger partial charge in [-0.05, 0) is 62.3 Å². The third-order valence-corrected chi connectivity index (χ3v) is 5.94. The quantitative estimate of drug-likeness (QED) is 0.742. The van der Waals surface area contributed by atoms with Gasteiger partial charge in [-0.3, -0.25) is 9.59 Å². The molecule has 1 aliphatic heterocycles. The second kappa shape index (κ2) is 6.93.